The van der Waals surface area contributed by atoms with Crippen LogP contribution in [-0.2, 0) is 45.5 Å². The van der Waals surface area contributed by atoms with Crippen molar-refractivity contribution in [3.63, 3.8) is 0 Å². The van der Waals surface area contributed by atoms with Gasteiger partial charge in [0.1, 0.15) is 6.04 Å². The summed E-state index contributed by atoms with van der Waals surface area (Å²) in [7, 11) is -3.56. The first-order chi connectivity index (χ1) is 20.7. The lowest BCUT2D eigenvalue weighted by atomic mass is 10.0. The predicted octanol–water partition coefficient (Wildman–Crippen LogP) is 5.53. The van der Waals surface area contributed by atoms with E-state index in [9.17, 15) is 18.0 Å². The number of hydrogen-bond acceptors (Lipinski definition) is 4. The van der Waals surface area contributed by atoms with Crippen molar-refractivity contribution in [2.75, 3.05) is 6.54 Å². The van der Waals surface area contributed by atoms with Crippen LogP contribution in [0.15, 0.2) is 114 Å². The van der Waals surface area contributed by atoms with Crippen molar-refractivity contribution in [3.05, 3.63) is 136 Å². The molecule has 2 N–H and O–H groups in total. The fourth-order valence-corrected chi connectivity index (χ4v) is 5.91. The first kappa shape index (κ1) is 31.9. The zero-order valence-corrected chi connectivity index (χ0v) is 25.7. The topological polar surface area (TPSA) is 95.6 Å². The van der Waals surface area contributed by atoms with Gasteiger partial charge < -0.3 is 10.2 Å². The maximum absolute atomic E-state index is 13.9. The summed E-state index contributed by atoms with van der Waals surface area (Å²) in [6.45, 7) is 2.59. The predicted molar refractivity (Wildman–Crippen MR) is 170 cm³/mol. The molecule has 1 atom stereocenters. The Balaban J connectivity index is 1.56. The number of halogens is 1. The minimum Gasteiger partial charge on any atom is -0.350 e. The molecular formula is C34H36ClN3O4S. The van der Waals surface area contributed by atoms with Gasteiger partial charge in [-0.3, -0.25) is 9.59 Å². The molecular weight excluding hydrogens is 582 g/mol. The number of nitrogens with zero attached hydrogens (tertiary/aromatic N) is 1. The third kappa shape index (κ3) is 9.51. The van der Waals surface area contributed by atoms with E-state index in [0.29, 0.717) is 31.0 Å². The summed E-state index contributed by atoms with van der Waals surface area (Å²) < 4.78 is 27.1. The van der Waals surface area contributed by atoms with Gasteiger partial charge in [0.25, 0.3) is 0 Å². The van der Waals surface area contributed by atoms with Crippen LogP contribution >= 0.6 is 11.6 Å². The van der Waals surface area contributed by atoms with E-state index >= 15 is 0 Å². The Morgan fingerprint density at radius 2 is 1.35 bits per heavy atom. The molecule has 224 valence electrons. The van der Waals surface area contributed by atoms with E-state index in [-0.39, 0.29) is 29.7 Å². The first-order valence-corrected chi connectivity index (χ1v) is 16.1. The number of benzene rings is 4. The molecule has 0 aliphatic heterocycles. The zero-order valence-electron chi connectivity index (χ0n) is 24.1. The molecule has 0 heterocycles. The van der Waals surface area contributed by atoms with Gasteiger partial charge in [-0.25, -0.2) is 13.1 Å². The third-order valence-corrected chi connectivity index (χ3v) is 8.86. The van der Waals surface area contributed by atoms with Crippen LogP contribution in [0.2, 0.25) is 5.02 Å². The summed E-state index contributed by atoms with van der Waals surface area (Å²) in [5, 5.41) is 3.64. The molecule has 4 aromatic carbocycles. The molecule has 4 rings (SSSR count). The van der Waals surface area contributed by atoms with Crippen molar-refractivity contribution in [1.82, 2.24) is 14.9 Å². The van der Waals surface area contributed by atoms with Crippen molar-refractivity contribution >= 4 is 33.4 Å². The molecule has 2 amide bonds. The minimum atomic E-state index is -3.56. The summed E-state index contributed by atoms with van der Waals surface area (Å²) >= 11 is 6.02. The Labute approximate surface area is 258 Å². The number of nitrogens with one attached hydrogen (secondary N) is 2. The van der Waals surface area contributed by atoms with Crippen molar-refractivity contribution in [2.45, 2.75) is 50.2 Å². The number of aryl methyl sites for hydroxylation is 1. The number of carbonyl (C=O) groups is 2. The van der Waals surface area contributed by atoms with Gasteiger partial charge in [-0.15, -0.1) is 0 Å². The standard InChI is InChI=1S/C34H36ClN3O4S/c1-2-37-43(41,42)31-20-15-26(16-21-31)17-22-33(39)38(25-29-11-7-4-8-12-29)32(23-27-9-5-3-6-10-27)34(40)36-24-28-13-18-30(35)19-14-28/h3-16,18-21,32,37H,2,17,22-25H2,1H3,(H,36,40)/t32-/m1/s1. The van der Waals surface area contributed by atoms with E-state index in [1.165, 1.54) is 0 Å². The number of hydrogen-bond donors (Lipinski definition) is 2. The largest absolute Gasteiger partial charge is 0.350 e. The fraction of sp³-hybridized carbons (Fsp3) is 0.235. The van der Waals surface area contributed by atoms with Crippen LogP contribution in [0.3, 0.4) is 0 Å². The molecule has 9 heteroatoms. The second-order valence-electron chi connectivity index (χ2n) is 10.2. The molecule has 4 aromatic rings. The van der Waals surface area contributed by atoms with E-state index < -0.39 is 16.1 Å². The summed E-state index contributed by atoms with van der Waals surface area (Å²) in [6.07, 6.45) is 0.904. The van der Waals surface area contributed by atoms with Crippen LogP contribution in [0.4, 0.5) is 0 Å². The summed E-state index contributed by atoms with van der Waals surface area (Å²) in [5.74, 6) is -0.420. The number of rotatable bonds is 14. The summed E-state index contributed by atoms with van der Waals surface area (Å²) in [6, 6.07) is 32.3. The van der Waals surface area contributed by atoms with Crippen molar-refractivity contribution < 1.29 is 18.0 Å². The quantitative estimate of drug-likeness (QED) is 0.195. The molecule has 0 saturated heterocycles. The monoisotopic (exact) mass is 617 g/mol. The Hall–Kier alpha value is -3.98. The first-order valence-electron chi connectivity index (χ1n) is 14.2. The average molecular weight is 618 g/mol. The van der Waals surface area contributed by atoms with Crippen LogP contribution in [0.25, 0.3) is 0 Å². The van der Waals surface area contributed by atoms with Gasteiger partial charge in [0.2, 0.25) is 21.8 Å². The maximum Gasteiger partial charge on any atom is 0.243 e. The third-order valence-electron chi connectivity index (χ3n) is 7.04. The van der Waals surface area contributed by atoms with Crippen molar-refractivity contribution in [1.29, 1.82) is 0 Å². The normalized spacial score (nSPS) is 12.0. The molecule has 0 spiro atoms. The van der Waals surface area contributed by atoms with Gasteiger partial charge in [0.15, 0.2) is 0 Å². The number of amides is 2. The van der Waals surface area contributed by atoms with Gasteiger partial charge in [-0.1, -0.05) is 103 Å². The maximum atomic E-state index is 13.9. The smallest absolute Gasteiger partial charge is 0.243 e. The van der Waals surface area contributed by atoms with E-state index in [1.807, 2.05) is 72.8 Å². The Morgan fingerprint density at radius 3 is 1.95 bits per heavy atom. The van der Waals surface area contributed by atoms with Gasteiger partial charge in [-0.2, -0.15) is 0 Å². The van der Waals surface area contributed by atoms with E-state index in [2.05, 4.69) is 10.0 Å². The lowest BCUT2D eigenvalue weighted by Crippen LogP contribution is -2.50. The van der Waals surface area contributed by atoms with Gasteiger partial charge in [0, 0.05) is 37.5 Å². The molecule has 0 aromatic heterocycles. The Bertz CT molecular complexity index is 1580. The number of sulfonamides is 1. The van der Waals surface area contributed by atoms with Gasteiger partial charge in [-0.05, 0) is 52.9 Å². The summed E-state index contributed by atoms with van der Waals surface area (Å²) in [5.41, 5.74) is 3.59. The SMILES string of the molecule is CCNS(=O)(=O)c1ccc(CCC(=O)N(Cc2ccccc2)[C@H](Cc2ccccc2)C(=O)NCc2ccc(Cl)cc2)cc1. The van der Waals surface area contributed by atoms with E-state index in [4.69, 9.17) is 11.6 Å². The highest BCUT2D eigenvalue weighted by atomic mass is 35.5. The molecule has 7 nitrogen and oxygen atoms in total. The zero-order chi connectivity index (χ0) is 30.7. The van der Waals surface area contributed by atoms with Gasteiger partial charge in [0.05, 0.1) is 4.90 Å². The highest BCUT2D eigenvalue weighted by molar-refractivity contribution is 7.89. The molecule has 0 aliphatic carbocycles. The number of carbonyl (C=O) groups excluding carboxylic acids is 2. The average Bonchev–Trinajstić information content (AvgIpc) is 3.02. The Kier molecular flexibility index (Phi) is 11.5. The van der Waals surface area contributed by atoms with Gasteiger partial charge >= 0.3 is 0 Å². The van der Waals surface area contributed by atoms with Crippen molar-refractivity contribution in [3.8, 4) is 0 Å². The van der Waals surface area contributed by atoms with E-state index in [1.54, 1.807) is 48.2 Å². The molecule has 0 unspecified atom stereocenters. The molecule has 0 fully saturated rings. The molecule has 0 bridgehead atoms. The van der Waals surface area contributed by atoms with Crippen LogP contribution in [0.5, 0.6) is 0 Å². The second kappa shape index (κ2) is 15.5. The fourth-order valence-electron chi connectivity index (χ4n) is 4.75. The molecule has 43 heavy (non-hydrogen) atoms. The summed E-state index contributed by atoms with van der Waals surface area (Å²) in [4.78, 5) is 29.5. The highest BCUT2D eigenvalue weighted by Gasteiger charge is 2.30. The van der Waals surface area contributed by atoms with Crippen LogP contribution in [0.1, 0.15) is 35.6 Å². The highest BCUT2D eigenvalue weighted by Crippen LogP contribution is 2.18. The lowest BCUT2D eigenvalue weighted by Gasteiger charge is -2.31. The Morgan fingerprint density at radius 1 is 0.767 bits per heavy atom. The molecule has 0 aliphatic rings. The van der Waals surface area contributed by atoms with Crippen LogP contribution in [-0.4, -0.2) is 37.7 Å². The molecule has 0 radical (unpaired) electrons. The van der Waals surface area contributed by atoms with Crippen molar-refractivity contribution in [2.24, 2.45) is 0 Å². The van der Waals surface area contributed by atoms with Crippen LogP contribution in [0, 0.1) is 0 Å². The van der Waals surface area contributed by atoms with E-state index in [0.717, 1.165) is 22.3 Å². The molecule has 0 saturated carbocycles. The lowest BCUT2D eigenvalue weighted by molar-refractivity contribution is -0.141. The minimum absolute atomic E-state index is 0.155. The van der Waals surface area contributed by atoms with Crippen LogP contribution < -0.4 is 10.0 Å². The second-order valence-corrected chi connectivity index (χ2v) is 12.4.